The maximum Gasteiger partial charge on any atom is 0.290 e. The first-order chi connectivity index (χ1) is 16.0. The number of furan rings is 1. The van der Waals surface area contributed by atoms with Gasteiger partial charge in [-0.25, -0.2) is 0 Å². The lowest BCUT2D eigenvalue weighted by atomic mass is 10.1. The monoisotopic (exact) mass is 447 g/mol. The minimum absolute atomic E-state index is 0.0305. The van der Waals surface area contributed by atoms with Crippen LogP contribution in [0.1, 0.15) is 30.8 Å². The van der Waals surface area contributed by atoms with Gasteiger partial charge in [0.2, 0.25) is 5.91 Å². The number of hydrogen-bond acceptors (Lipinski definition) is 6. The molecule has 172 valence electrons. The van der Waals surface area contributed by atoms with Crippen molar-refractivity contribution in [3.05, 3.63) is 66.6 Å². The van der Waals surface area contributed by atoms with Crippen LogP contribution >= 0.6 is 0 Å². The number of carbonyl (C=O) groups excluding carboxylic acids is 2. The van der Waals surface area contributed by atoms with Gasteiger partial charge >= 0.3 is 0 Å². The maximum absolute atomic E-state index is 13.0. The van der Waals surface area contributed by atoms with Crippen molar-refractivity contribution >= 4 is 17.6 Å². The fourth-order valence-corrected chi connectivity index (χ4v) is 3.93. The fourth-order valence-electron chi connectivity index (χ4n) is 3.93. The zero-order valence-corrected chi connectivity index (χ0v) is 19.1. The molecule has 0 atom stereocenters. The summed E-state index contributed by atoms with van der Waals surface area (Å²) in [4.78, 5) is 31.3. The van der Waals surface area contributed by atoms with Crippen LogP contribution in [0.2, 0.25) is 0 Å². The van der Waals surface area contributed by atoms with Gasteiger partial charge in [-0.2, -0.15) is 0 Å². The first-order valence-corrected chi connectivity index (χ1v) is 11.3. The number of hydrogen-bond donors (Lipinski definition) is 0. The van der Waals surface area contributed by atoms with Crippen molar-refractivity contribution in [2.24, 2.45) is 0 Å². The van der Waals surface area contributed by atoms with Crippen LogP contribution in [0.5, 0.6) is 0 Å². The molecular weight excluding hydrogens is 418 g/mol. The van der Waals surface area contributed by atoms with E-state index in [4.69, 9.17) is 4.42 Å². The Balaban J connectivity index is 1.37. The van der Waals surface area contributed by atoms with Crippen molar-refractivity contribution in [1.29, 1.82) is 0 Å². The topological polar surface area (TPSA) is 82.8 Å². The minimum Gasteiger partial charge on any atom is -0.459 e. The zero-order valence-electron chi connectivity index (χ0n) is 19.1. The number of benzene rings is 1. The van der Waals surface area contributed by atoms with Gasteiger partial charge in [0.1, 0.15) is 6.54 Å². The summed E-state index contributed by atoms with van der Waals surface area (Å²) in [6, 6.07) is 17.1. The zero-order chi connectivity index (χ0) is 23.2. The Hall–Kier alpha value is -3.68. The van der Waals surface area contributed by atoms with Crippen LogP contribution in [0.3, 0.4) is 0 Å². The van der Waals surface area contributed by atoms with Crippen LogP contribution < -0.4 is 4.90 Å². The number of rotatable bonds is 6. The van der Waals surface area contributed by atoms with E-state index in [1.807, 2.05) is 61.2 Å². The molecule has 0 bridgehead atoms. The lowest BCUT2D eigenvalue weighted by Crippen LogP contribution is -2.46. The van der Waals surface area contributed by atoms with E-state index in [9.17, 15) is 9.59 Å². The first-order valence-electron chi connectivity index (χ1n) is 11.3. The van der Waals surface area contributed by atoms with Gasteiger partial charge in [0, 0.05) is 37.8 Å². The molecule has 3 heterocycles. The van der Waals surface area contributed by atoms with E-state index in [0.717, 1.165) is 30.0 Å². The lowest BCUT2D eigenvalue weighted by molar-refractivity contribution is -0.132. The van der Waals surface area contributed by atoms with Gasteiger partial charge in [-0.1, -0.05) is 30.3 Å². The molecule has 2 aromatic heterocycles. The standard InChI is InChI=1S/C25H29N5O3/c1-19(2)30(25(32)22-10-6-17-33-22)18-24(31)29-14-7-13-28(15-16-29)23-12-11-21(26-27-23)20-8-4-3-5-9-20/h3-6,8-12,17,19H,7,13-16,18H2,1-2H3. The van der Waals surface area contributed by atoms with Crippen LogP contribution in [-0.2, 0) is 4.79 Å². The van der Waals surface area contributed by atoms with E-state index in [1.165, 1.54) is 6.26 Å². The van der Waals surface area contributed by atoms with E-state index in [2.05, 4.69) is 15.1 Å². The molecule has 0 spiro atoms. The van der Waals surface area contributed by atoms with Crippen molar-refractivity contribution < 1.29 is 14.0 Å². The van der Waals surface area contributed by atoms with Crippen molar-refractivity contribution in [2.75, 3.05) is 37.6 Å². The minimum atomic E-state index is -0.270. The molecule has 1 saturated heterocycles. The van der Waals surface area contributed by atoms with Gasteiger partial charge in [0.15, 0.2) is 11.6 Å². The average Bonchev–Trinajstić information content (AvgIpc) is 3.27. The Morgan fingerprint density at radius 3 is 2.45 bits per heavy atom. The number of nitrogens with zero attached hydrogens (tertiary/aromatic N) is 5. The van der Waals surface area contributed by atoms with E-state index >= 15 is 0 Å². The summed E-state index contributed by atoms with van der Waals surface area (Å²) in [5.74, 6) is 0.724. The molecule has 0 radical (unpaired) electrons. The number of aromatic nitrogens is 2. The highest BCUT2D eigenvalue weighted by Gasteiger charge is 2.27. The molecule has 1 aromatic carbocycles. The molecule has 33 heavy (non-hydrogen) atoms. The highest BCUT2D eigenvalue weighted by atomic mass is 16.3. The second-order valence-electron chi connectivity index (χ2n) is 8.37. The lowest BCUT2D eigenvalue weighted by Gasteiger charge is -2.29. The maximum atomic E-state index is 13.0. The van der Waals surface area contributed by atoms with E-state index in [0.29, 0.717) is 19.6 Å². The van der Waals surface area contributed by atoms with Crippen molar-refractivity contribution in [3.8, 4) is 11.3 Å². The van der Waals surface area contributed by atoms with E-state index in [1.54, 1.807) is 17.0 Å². The molecule has 4 rings (SSSR count). The number of anilines is 1. The summed E-state index contributed by atoms with van der Waals surface area (Å²) in [7, 11) is 0. The van der Waals surface area contributed by atoms with Gasteiger partial charge in [-0.3, -0.25) is 9.59 Å². The van der Waals surface area contributed by atoms with Crippen LogP contribution in [0.25, 0.3) is 11.3 Å². The molecule has 0 saturated carbocycles. The van der Waals surface area contributed by atoms with Crippen molar-refractivity contribution in [1.82, 2.24) is 20.0 Å². The third kappa shape index (κ3) is 5.39. The third-order valence-corrected chi connectivity index (χ3v) is 5.81. The first kappa shape index (κ1) is 22.5. The molecule has 3 aromatic rings. The molecule has 0 unspecified atom stereocenters. The van der Waals surface area contributed by atoms with Gasteiger partial charge < -0.3 is 19.1 Å². The molecule has 8 heteroatoms. The Kier molecular flexibility index (Phi) is 7.02. The Morgan fingerprint density at radius 2 is 1.79 bits per heavy atom. The van der Waals surface area contributed by atoms with Gasteiger partial charge in [0.05, 0.1) is 12.0 Å². The van der Waals surface area contributed by atoms with E-state index < -0.39 is 0 Å². The quantitative estimate of drug-likeness (QED) is 0.577. The van der Waals surface area contributed by atoms with Crippen molar-refractivity contribution in [2.45, 2.75) is 26.3 Å². The molecule has 0 aliphatic carbocycles. The number of amides is 2. The Morgan fingerprint density at radius 1 is 0.970 bits per heavy atom. The SMILES string of the molecule is CC(C)N(CC(=O)N1CCCN(c2ccc(-c3ccccc3)nn2)CC1)C(=O)c1ccco1. The summed E-state index contributed by atoms with van der Waals surface area (Å²) in [5.41, 5.74) is 1.86. The molecular formula is C25H29N5O3. The summed E-state index contributed by atoms with van der Waals surface area (Å²) in [6.07, 6.45) is 2.29. The van der Waals surface area contributed by atoms with Crippen LogP contribution in [0.4, 0.5) is 5.82 Å². The molecule has 8 nitrogen and oxygen atoms in total. The Bertz CT molecular complexity index is 1050. The molecule has 1 aliphatic heterocycles. The molecule has 0 N–H and O–H groups in total. The highest BCUT2D eigenvalue weighted by Crippen LogP contribution is 2.19. The van der Waals surface area contributed by atoms with Crippen LogP contribution in [0.15, 0.2) is 65.3 Å². The Labute approximate surface area is 193 Å². The molecule has 1 aliphatic rings. The summed E-state index contributed by atoms with van der Waals surface area (Å²) in [5, 5.41) is 8.81. The largest absolute Gasteiger partial charge is 0.459 e. The molecule has 1 fully saturated rings. The number of carbonyl (C=O) groups is 2. The predicted molar refractivity (Wildman–Crippen MR) is 126 cm³/mol. The van der Waals surface area contributed by atoms with E-state index in [-0.39, 0.29) is 30.2 Å². The normalized spacial score (nSPS) is 14.3. The fraction of sp³-hybridized carbons (Fsp3) is 0.360. The smallest absolute Gasteiger partial charge is 0.290 e. The van der Waals surface area contributed by atoms with Gasteiger partial charge in [0.25, 0.3) is 5.91 Å². The highest BCUT2D eigenvalue weighted by molar-refractivity contribution is 5.94. The summed E-state index contributed by atoms with van der Waals surface area (Å²) in [6.45, 7) is 6.50. The molecule has 2 amide bonds. The van der Waals surface area contributed by atoms with Crippen LogP contribution in [-0.4, -0.2) is 70.6 Å². The van der Waals surface area contributed by atoms with Crippen LogP contribution in [0, 0.1) is 0 Å². The average molecular weight is 448 g/mol. The van der Waals surface area contributed by atoms with Gasteiger partial charge in [-0.15, -0.1) is 10.2 Å². The van der Waals surface area contributed by atoms with Gasteiger partial charge in [-0.05, 0) is 44.5 Å². The summed E-state index contributed by atoms with van der Waals surface area (Å²) >= 11 is 0. The summed E-state index contributed by atoms with van der Waals surface area (Å²) < 4.78 is 5.24. The second kappa shape index (κ2) is 10.3. The van der Waals surface area contributed by atoms with Crippen molar-refractivity contribution in [3.63, 3.8) is 0 Å². The third-order valence-electron chi connectivity index (χ3n) is 5.81. The second-order valence-corrected chi connectivity index (χ2v) is 8.37. The predicted octanol–water partition coefficient (Wildman–Crippen LogP) is 3.33.